The molecule has 1 unspecified atom stereocenters. The second kappa shape index (κ2) is 8.57. The highest BCUT2D eigenvalue weighted by Crippen LogP contribution is 2.19. The van der Waals surface area contributed by atoms with Crippen LogP contribution in [0.1, 0.15) is 46.5 Å². The number of carbonyl (C=O) groups excluding carboxylic acids is 1. The zero-order valence-electron chi connectivity index (χ0n) is 12.2. The molecule has 0 fully saturated rings. The van der Waals surface area contributed by atoms with Crippen molar-refractivity contribution in [2.45, 2.75) is 46.5 Å². The van der Waals surface area contributed by atoms with Crippen molar-refractivity contribution in [1.29, 1.82) is 0 Å². The summed E-state index contributed by atoms with van der Waals surface area (Å²) in [7, 11) is 0. The first-order chi connectivity index (χ1) is 9.15. The van der Waals surface area contributed by atoms with Gasteiger partial charge in [0.2, 0.25) is 5.91 Å². The third-order valence-corrected chi connectivity index (χ3v) is 3.20. The Morgan fingerprint density at radius 3 is 2.47 bits per heavy atom. The lowest BCUT2D eigenvalue weighted by Gasteiger charge is -2.15. The van der Waals surface area contributed by atoms with Gasteiger partial charge < -0.3 is 10.1 Å². The SMILES string of the molecule is CCCCC(CC)COc1ccc(NC(C)=O)cc1. The summed E-state index contributed by atoms with van der Waals surface area (Å²) in [6.45, 7) is 6.71. The molecule has 1 atom stereocenters. The quantitative estimate of drug-likeness (QED) is 0.761. The fourth-order valence-electron chi connectivity index (χ4n) is 1.95. The molecule has 0 saturated heterocycles. The normalized spacial score (nSPS) is 11.9. The third-order valence-electron chi connectivity index (χ3n) is 3.20. The highest BCUT2D eigenvalue weighted by atomic mass is 16.5. The van der Waals surface area contributed by atoms with Crippen molar-refractivity contribution in [3.63, 3.8) is 0 Å². The van der Waals surface area contributed by atoms with Gasteiger partial charge in [0, 0.05) is 12.6 Å². The maximum absolute atomic E-state index is 10.9. The van der Waals surface area contributed by atoms with E-state index < -0.39 is 0 Å². The molecular formula is C16H25NO2. The van der Waals surface area contributed by atoms with Crippen molar-refractivity contribution in [3.05, 3.63) is 24.3 Å². The Balaban J connectivity index is 2.41. The van der Waals surface area contributed by atoms with Gasteiger partial charge in [0.15, 0.2) is 0 Å². The lowest BCUT2D eigenvalue weighted by atomic mass is 10.0. The first kappa shape index (κ1) is 15.5. The number of hydrogen-bond acceptors (Lipinski definition) is 2. The number of amides is 1. The highest BCUT2D eigenvalue weighted by molar-refractivity contribution is 5.88. The van der Waals surface area contributed by atoms with Crippen molar-refractivity contribution in [1.82, 2.24) is 0 Å². The molecule has 0 aliphatic carbocycles. The van der Waals surface area contributed by atoms with Gasteiger partial charge in [0.25, 0.3) is 0 Å². The molecule has 3 nitrogen and oxygen atoms in total. The van der Waals surface area contributed by atoms with E-state index in [1.165, 1.54) is 26.2 Å². The predicted octanol–water partition coefficient (Wildman–Crippen LogP) is 4.24. The van der Waals surface area contributed by atoms with E-state index in [4.69, 9.17) is 4.74 Å². The number of hydrogen-bond donors (Lipinski definition) is 1. The third kappa shape index (κ3) is 6.27. The van der Waals surface area contributed by atoms with Crippen LogP contribution in [0.5, 0.6) is 5.75 Å². The molecular weight excluding hydrogens is 238 g/mol. The van der Waals surface area contributed by atoms with Crippen molar-refractivity contribution < 1.29 is 9.53 Å². The van der Waals surface area contributed by atoms with E-state index >= 15 is 0 Å². The predicted molar refractivity (Wildman–Crippen MR) is 79.5 cm³/mol. The molecule has 1 amide bonds. The molecule has 0 radical (unpaired) electrons. The zero-order valence-corrected chi connectivity index (χ0v) is 12.2. The minimum absolute atomic E-state index is 0.0562. The molecule has 0 saturated carbocycles. The molecule has 0 heterocycles. The molecule has 19 heavy (non-hydrogen) atoms. The van der Waals surface area contributed by atoms with Crippen molar-refractivity contribution in [2.75, 3.05) is 11.9 Å². The van der Waals surface area contributed by atoms with Crippen LogP contribution in [0.3, 0.4) is 0 Å². The number of ether oxygens (including phenoxy) is 1. The van der Waals surface area contributed by atoms with Crippen LogP contribution in [0.25, 0.3) is 0 Å². The maximum Gasteiger partial charge on any atom is 0.221 e. The van der Waals surface area contributed by atoms with Crippen molar-refractivity contribution in [3.8, 4) is 5.75 Å². The molecule has 0 bridgehead atoms. The summed E-state index contributed by atoms with van der Waals surface area (Å²) < 4.78 is 5.80. The monoisotopic (exact) mass is 263 g/mol. The number of anilines is 1. The first-order valence-electron chi connectivity index (χ1n) is 7.16. The molecule has 1 aromatic carbocycles. The summed E-state index contributed by atoms with van der Waals surface area (Å²) in [5, 5.41) is 2.74. The standard InChI is InChI=1S/C16H25NO2/c1-4-6-7-14(5-2)12-19-16-10-8-15(9-11-16)17-13(3)18/h8-11,14H,4-7,12H2,1-3H3,(H,17,18). The molecule has 1 rings (SSSR count). The second-order valence-corrected chi connectivity index (χ2v) is 4.93. The van der Waals surface area contributed by atoms with Crippen LogP contribution in [-0.4, -0.2) is 12.5 Å². The summed E-state index contributed by atoms with van der Waals surface area (Å²) in [6.07, 6.45) is 4.90. The lowest BCUT2D eigenvalue weighted by molar-refractivity contribution is -0.114. The molecule has 1 N–H and O–H groups in total. The fraction of sp³-hybridized carbons (Fsp3) is 0.562. The van der Waals surface area contributed by atoms with Gasteiger partial charge in [-0.3, -0.25) is 4.79 Å². The topological polar surface area (TPSA) is 38.3 Å². The van der Waals surface area contributed by atoms with Crippen LogP contribution in [0.15, 0.2) is 24.3 Å². The molecule has 106 valence electrons. The summed E-state index contributed by atoms with van der Waals surface area (Å²) >= 11 is 0. The van der Waals surface area contributed by atoms with Crippen LogP contribution in [0, 0.1) is 5.92 Å². The summed E-state index contributed by atoms with van der Waals surface area (Å²) in [4.78, 5) is 10.9. The summed E-state index contributed by atoms with van der Waals surface area (Å²) in [5.41, 5.74) is 0.804. The van der Waals surface area contributed by atoms with Crippen LogP contribution in [0.2, 0.25) is 0 Å². The van der Waals surface area contributed by atoms with Crippen molar-refractivity contribution >= 4 is 11.6 Å². The molecule has 0 aliphatic rings. The van der Waals surface area contributed by atoms with E-state index in [2.05, 4.69) is 19.2 Å². The van der Waals surface area contributed by atoms with E-state index in [0.29, 0.717) is 5.92 Å². The summed E-state index contributed by atoms with van der Waals surface area (Å²) in [5.74, 6) is 1.44. The van der Waals surface area contributed by atoms with Gasteiger partial charge in [-0.25, -0.2) is 0 Å². The van der Waals surface area contributed by atoms with E-state index in [1.54, 1.807) is 0 Å². The zero-order chi connectivity index (χ0) is 14.1. The largest absolute Gasteiger partial charge is 0.493 e. The average Bonchev–Trinajstić information content (AvgIpc) is 2.40. The second-order valence-electron chi connectivity index (χ2n) is 4.93. The van der Waals surface area contributed by atoms with Gasteiger partial charge in [-0.05, 0) is 36.6 Å². The van der Waals surface area contributed by atoms with E-state index in [0.717, 1.165) is 24.5 Å². The van der Waals surface area contributed by atoms with Gasteiger partial charge in [-0.15, -0.1) is 0 Å². The first-order valence-corrected chi connectivity index (χ1v) is 7.16. The van der Waals surface area contributed by atoms with Crippen LogP contribution in [0.4, 0.5) is 5.69 Å². The Bertz CT molecular complexity index is 373. The maximum atomic E-state index is 10.9. The number of unbranched alkanes of at least 4 members (excludes halogenated alkanes) is 1. The van der Waals surface area contributed by atoms with E-state index in [-0.39, 0.29) is 5.91 Å². The number of benzene rings is 1. The van der Waals surface area contributed by atoms with Gasteiger partial charge in [-0.1, -0.05) is 33.1 Å². The van der Waals surface area contributed by atoms with Crippen LogP contribution >= 0.6 is 0 Å². The van der Waals surface area contributed by atoms with Crippen LogP contribution in [-0.2, 0) is 4.79 Å². The highest BCUT2D eigenvalue weighted by Gasteiger charge is 2.06. The van der Waals surface area contributed by atoms with Gasteiger partial charge in [-0.2, -0.15) is 0 Å². The summed E-state index contributed by atoms with van der Waals surface area (Å²) in [6, 6.07) is 7.53. The molecule has 0 aromatic heterocycles. The lowest BCUT2D eigenvalue weighted by Crippen LogP contribution is -2.11. The Kier molecular flexibility index (Phi) is 7.01. The number of nitrogens with one attached hydrogen (secondary N) is 1. The Labute approximate surface area is 116 Å². The Morgan fingerprint density at radius 1 is 1.26 bits per heavy atom. The minimum atomic E-state index is -0.0562. The molecule has 3 heteroatoms. The van der Waals surface area contributed by atoms with Gasteiger partial charge in [0.05, 0.1) is 6.61 Å². The Morgan fingerprint density at radius 2 is 1.95 bits per heavy atom. The number of rotatable bonds is 8. The average molecular weight is 263 g/mol. The fourth-order valence-corrected chi connectivity index (χ4v) is 1.95. The van der Waals surface area contributed by atoms with Gasteiger partial charge in [0.1, 0.15) is 5.75 Å². The van der Waals surface area contributed by atoms with Gasteiger partial charge >= 0.3 is 0 Å². The smallest absolute Gasteiger partial charge is 0.221 e. The Hall–Kier alpha value is -1.51. The molecule has 0 aliphatic heterocycles. The number of carbonyl (C=O) groups is 1. The minimum Gasteiger partial charge on any atom is -0.493 e. The molecule has 1 aromatic rings. The van der Waals surface area contributed by atoms with Crippen molar-refractivity contribution in [2.24, 2.45) is 5.92 Å². The van der Waals surface area contributed by atoms with E-state index in [9.17, 15) is 4.79 Å². The molecule has 0 spiro atoms. The van der Waals surface area contributed by atoms with Crippen LogP contribution < -0.4 is 10.1 Å². The van der Waals surface area contributed by atoms with E-state index in [1.807, 2.05) is 24.3 Å².